The Bertz CT molecular complexity index is 101. The summed E-state index contributed by atoms with van der Waals surface area (Å²) in [5.74, 6) is 0.615. The van der Waals surface area contributed by atoms with E-state index in [-0.39, 0.29) is 0 Å². The molecule has 0 aromatic heterocycles. The van der Waals surface area contributed by atoms with Gasteiger partial charge >= 0.3 is 0 Å². The summed E-state index contributed by atoms with van der Waals surface area (Å²) in [5, 5.41) is 0. The minimum absolute atomic E-state index is 0.615. The fourth-order valence-electron chi connectivity index (χ4n) is 0.297. The third-order valence-electron chi connectivity index (χ3n) is 0.662. The van der Waals surface area contributed by atoms with Gasteiger partial charge < -0.3 is 0 Å². The molecule has 0 aliphatic carbocycles. The lowest BCUT2D eigenvalue weighted by molar-refractivity contribution is 0.832. The first-order chi connectivity index (χ1) is 3.63. The van der Waals surface area contributed by atoms with E-state index >= 15 is 0 Å². The fraction of sp³-hybridized carbons (Fsp3) is 0.429. The van der Waals surface area contributed by atoms with Crippen molar-refractivity contribution < 1.29 is 0 Å². The molecule has 0 saturated carbocycles. The van der Waals surface area contributed by atoms with Crippen LogP contribution >= 0.6 is 15.9 Å². The fourth-order valence-corrected chi connectivity index (χ4v) is 0.449. The molecule has 0 amide bonds. The summed E-state index contributed by atoms with van der Waals surface area (Å²) in [4.78, 5) is 0. The summed E-state index contributed by atoms with van der Waals surface area (Å²) < 4.78 is 0.936. The van der Waals surface area contributed by atoms with Crippen LogP contribution in [0.4, 0.5) is 0 Å². The summed E-state index contributed by atoms with van der Waals surface area (Å²) in [6.45, 7) is 7.92. The standard InChI is InChI=1S/C7H11Br/c1-6(2)4-5-7(3)8/h4-6H,3H2,1-2H3. The molecule has 46 valence electrons. The Morgan fingerprint density at radius 2 is 2.12 bits per heavy atom. The Morgan fingerprint density at radius 1 is 1.62 bits per heavy atom. The molecule has 0 aromatic carbocycles. The Kier molecular flexibility index (Phi) is 3.88. The molecule has 0 saturated heterocycles. The zero-order valence-electron chi connectivity index (χ0n) is 5.32. The highest BCUT2D eigenvalue weighted by Crippen LogP contribution is 2.04. The predicted molar refractivity (Wildman–Crippen MR) is 42.0 cm³/mol. The normalized spacial score (nSPS) is 11.0. The zero-order valence-corrected chi connectivity index (χ0v) is 6.90. The smallest absolute Gasteiger partial charge is 0.00998 e. The van der Waals surface area contributed by atoms with Gasteiger partial charge in [-0.15, -0.1) is 0 Å². The van der Waals surface area contributed by atoms with Crippen LogP contribution in [0.1, 0.15) is 13.8 Å². The lowest BCUT2D eigenvalue weighted by atomic mass is 10.2. The van der Waals surface area contributed by atoms with Crippen molar-refractivity contribution in [2.24, 2.45) is 5.92 Å². The molecule has 0 N–H and O–H groups in total. The van der Waals surface area contributed by atoms with Gasteiger partial charge in [-0.1, -0.05) is 48.5 Å². The molecule has 0 radical (unpaired) electrons. The second-order valence-corrected chi connectivity index (χ2v) is 3.07. The second kappa shape index (κ2) is 3.90. The first-order valence-electron chi connectivity index (χ1n) is 2.65. The third-order valence-corrected chi connectivity index (χ3v) is 0.926. The van der Waals surface area contributed by atoms with Crippen molar-refractivity contribution in [1.82, 2.24) is 0 Å². The Balaban J connectivity index is 3.50. The van der Waals surface area contributed by atoms with Gasteiger partial charge in [0.05, 0.1) is 0 Å². The molecule has 1 heteroatoms. The van der Waals surface area contributed by atoms with Gasteiger partial charge in [0, 0.05) is 4.48 Å². The largest absolute Gasteiger partial charge is 0.0848 e. The van der Waals surface area contributed by atoms with E-state index in [0.29, 0.717) is 5.92 Å². The molecule has 0 aromatic rings. The Labute approximate surface area is 59.4 Å². The number of halogens is 1. The number of allylic oxidation sites excluding steroid dienone is 3. The quantitative estimate of drug-likeness (QED) is 0.565. The maximum Gasteiger partial charge on any atom is 0.00998 e. The second-order valence-electron chi connectivity index (χ2n) is 2.05. The van der Waals surface area contributed by atoms with Crippen molar-refractivity contribution in [3.8, 4) is 0 Å². The van der Waals surface area contributed by atoms with Crippen LogP contribution in [0.5, 0.6) is 0 Å². The van der Waals surface area contributed by atoms with Crippen molar-refractivity contribution in [1.29, 1.82) is 0 Å². The van der Waals surface area contributed by atoms with E-state index in [4.69, 9.17) is 0 Å². The van der Waals surface area contributed by atoms with Crippen LogP contribution < -0.4 is 0 Å². The van der Waals surface area contributed by atoms with Crippen molar-refractivity contribution in [2.45, 2.75) is 13.8 Å². The molecule has 0 atom stereocenters. The molecule has 0 fully saturated rings. The van der Waals surface area contributed by atoms with Crippen LogP contribution in [-0.2, 0) is 0 Å². The summed E-state index contributed by atoms with van der Waals surface area (Å²) in [5.41, 5.74) is 0. The maximum atomic E-state index is 3.66. The van der Waals surface area contributed by atoms with Gasteiger partial charge in [-0.3, -0.25) is 0 Å². The van der Waals surface area contributed by atoms with Crippen LogP contribution in [0.15, 0.2) is 23.2 Å². The topological polar surface area (TPSA) is 0 Å². The minimum atomic E-state index is 0.615. The molecule has 0 unspecified atom stereocenters. The van der Waals surface area contributed by atoms with Crippen molar-refractivity contribution in [2.75, 3.05) is 0 Å². The zero-order chi connectivity index (χ0) is 6.57. The average molecular weight is 175 g/mol. The first-order valence-corrected chi connectivity index (χ1v) is 3.45. The molecule has 0 heterocycles. The van der Waals surface area contributed by atoms with E-state index in [0.717, 1.165) is 4.48 Å². The number of hydrogen-bond donors (Lipinski definition) is 0. The average Bonchev–Trinajstić information content (AvgIpc) is 1.61. The highest BCUT2D eigenvalue weighted by atomic mass is 79.9. The molecule has 0 bridgehead atoms. The van der Waals surface area contributed by atoms with Crippen molar-refractivity contribution in [3.05, 3.63) is 23.2 Å². The number of hydrogen-bond acceptors (Lipinski definition) is 0. The van der Waals surface area contributed by atoms with E-state index in [9.17, 15) is 0 Å². The van der Waals surface area contributed by atoms with Gasteiger partial charge in [0.25, 0.3) is 0 Å². The van der Waals surface area contributed by atoms with E-state index in [1.807, 2.05) is 6.08 Å². The van der Waals surface area contributed by atoms with Gasteiger partial charge in [0.1, 0.15) is 0 Å². The SMILES string of the molecule is C=C(Br)C=CC(C)C. The lowest BCUT2D eigenvalue weighted by Crippen LogP contribution is -1.75. The van der Waals surface area contributed by atoms with E-state index < -0.39 is 0 Å². The molecule has 0 nitrogen and oxygen atoms in total. The highest BCUT2D eigenvalue weighted by Gasteiger charge is 1.81. The molecular formula is C7H11Br. The number of rotatable bonds is 2. The van der Waals surface area contributed by atoms with Crippen molar-refractivity contribution >= 4 is 15.9 Å². The Hall–Kier alpha value is -0.0400. The summed E-state index contributed by atoms with van der Waals surface area (Å²) in [7, 11) is 0. The maximum absolute atomic E-state index is 3.66. The van der Waals surface area contributed by atoms with E-state index in [1.165, 1.54) is 0 Å². The van der Waals surface area contributed by atoms with Crippen LogP contribution in [0, 0.1) is 5.92 Å². The van der Waals surface area contributed by atoms with E-state index in [2.05, 4.69) is 42.4 Å². The van der Waals surface area contributed by atoms with Gasteiger partial charge in [-0.25, -0.2) is 0 Å². The summed E-state index contributed by atoms with van der Waals surface area (Å²) >= 11 is 3.22. The van der Waals surface area contributed by atoms with E-state index in [1.54, 1.807) is 0 Å². The van der Waals surface area contributed by atoms with Crippen molar-refractivity contribution in [3.63, 3.8) is 0 Å². The lowest BCUT2D eigenvalue weighted by Gasteiger charge is -1.90. The Morgan fingerprint density at radius 3 is 2.25 bits per heavy atom. The van der Waals surface area contributed by atoms with Crippen LogP contribution in [0.2, 0.25) is 0 Å². The molecule has 0 rings (SSSR count). The summed E-state index contributed by atoms with van der Waals surface area (Å²) in [6.07, 6.45) is 4.06. The van der Waals surface area contributed by atoms with Gasteiger partial charge in [0.2, 0.25) is 0 Å². The van der Waals surface area contributed by atoms with Crippen LogP contribution in [0.25, 0.3) is 0 Å². The molecule has 0 aliphatic heterocycles. The van der Waals surface area contributed by atoms with Crippen LogP contribution in [0.3, 0.4) is 0 Å². The monoisotopic (exact) mass is 174 g/mol. The molecule has 8 heavy (non-hydrogen) atoms. The van der Waals surface area contributed by atoms with Gasteiger partial charge in [-0.05, 0) is 5.92 Å². The molecular weight excluding hydrogens is 164 g/mol. The minimum Gasteiger partial charge on any atom is -0.0848 e. The third kappa shape index (κ3) is 5.96. The van der Waals surface area contributed by atoms with Gasteiger partial charge in [0.15, 0.2) is 0 Å². The molecule has 0 spiro atoms. The molecule has 0 aliphatic rings. The predicted octanol–water partition coefficient (Wildman–Crippen LogP) is 3.11. The summed E-state index contributed by atoms with van der Waals surface area (Å²) in [6, 6.07) is 0. The highest BCUT2D eigenvalue weighted by molar-refractivity contribution is 9.11. The van der Waals surface area contributed by atoms with Gasteiger partial charge in [-0.2, -0.15) is 0 Å². The first kappa shape index (κ1) is 7.96. The van der Waals surface area contributed by atoms with Crippen LogP contribution in [-0.4, -0.2) is 0 Å².